The first-order valence-electron chi connectivity index (χ1n) is 2.98. The van der Waals surface area contributed by atoms with Gasteiger partial charge in [-0.2, -0.15) is 0 Å². The van der Waals surface area contributed by atoms with E-state index in [0.717, 1.165) is 13.0 Å². The number of hydrogen-bond donors (Lipinski definition) is 0. The molecule has 0 bridgehead atoms. The lowest BCUT2D eigenvalue weighted by Gasteiger charge is -2.25. The topological polar surface area (TPSA) is 26.3 Å². The van der Waals surface area contributed by atoms with Gasteiger partial charge in [-0.25, -0.2) is 0 Å². The number of carbonyl (C=O) groups excluding carboxylic acids is 1. The Morgan fingerprint density at radius 1 is 1.50 bits per heavy atom. The van der Waals surface area contributed by atoms with Crippen LogP contribution in [0.25, 0.3) is 0 Å². The first-order chi connectivity index (χ1) is 3.88. The van der Waals surface area contributed by atoms with Crippen molar-refractivity contribution >= 4 is 5.78 Å². The Morgan fingerprint density at radius 3 is 2.88 bits per heavy atom. The fraction of sp³-hybridized carbons (Fsp3) is 0.833. The molecule has 0 radical (unpaired) electrons. The SMILES string of the molecule is O=C1C[C@H]2COC[C@@H]12. The number of hydrogen-bond acceptors (Lipinski definition) is 2. The van der Waals surface area contributed by atoms with E-state index in [4.69, 9.17) is 4.74 Å². The van der Waals surface area contributed by atoms with Gasteiger partial charge in [-0.15, -0.1) is 0 Å². The first kappa shape index (κ1) is 4.50. The fourth-order valence-corrected chi connectivity index (χ4v) is 1.40. The number of ether oxygens (including phenoxy) is 1. The van der Waals surface area contributed by atoms with Crippen LogP contribution in [0.3, 0.4) is 0 Å². The van der Waals surface area contributed by atoms with Gasteiger partial charge in [0.25, 0.3) is 0 Å². The molecule has 1 aliphatic heterocycles. The molecule has 1 heterocycles. The highest BCUT2D eigenvalue weighted by Crippen LogP contribution is 2.35. The molecule has 1 saturated heterocycles. The molecule has 0 N–H and O–H groups in total. The van der Waals surface area contributed by atoms with Gasteiger partial charge in [0.05, 0.1) is 13.2 Å². The smallest absolute Gasteiger partial charge is 0.139 e. The van der Waals surface area contributed by atoms with Gasteiger partial charge in [0.1, 0.15) is 5.78 Å². The minimum Gasteiger partial charge on any atom is -0.380 e. The van der Waals surface area contributed by atoms with Crippen molar-refractivity contribution in [2.75, 3.05) is 13.2 Å². The molecule has 44 valence electrons. The van der Waals surface area contributed by atoms with E-state index in [9.17, 15) is 4.79 Å². The van der Waals surface area contributed by atoms with Crippen LogP contribution in [0.1, 0.15) is 6.42 Å². The van der Waals surface area contributed by atoms with Crippen molar-refractivity contribution in [3.8, 4) is 0 Å². The highest BCUT2D eigenvalue weighted by molar-refractivity contribution is 5.87. The Morgan fingerprint density at radius 2 is 2.38 bits per heavy atom. The summed E-state index contributed by atoms with van der Waals surface area (Å²) in [4.78, 5) is 10.6. The molecule has 2 nitrogen and oxygen atoms in total. The number of rotatable bonds is 0. The molecule has 0 aromatic heterocycles. The van der Waals surface area contributed by atoms with Crippen LogP contribution in [-0.2, 0) is 9.53 Å². The summed E-state index contributed by atoms with van der Waals surface area (Å²) >= 11 is 0. The number of fused-ring (bicyclic) bond motifs is 1. The Labute approximate surface area is 47.8 Å². The summed E-state index contributed by atoms with van der Waals surface area (Å²) in [5.74, 6) is 1.31. The summed E-state index contributed by atoms with van der Waals surface area (Å²) in [6.07, 6.45) is 0.782. The molecule has 0 aromatic carbocycles. The van der Waals surface area contributed by atoms with Gasteiger partial charge in [0, 0.05) is 18.3 Å². The van der Waals surface area contributed by atoms with Crippen LogP contribution in [0.5, 0.6) is 0 Å². The zero-order valence-corrected chi connectivity index (χ0v) is 4.59. The molecular formula is C6H8O2. The van der Waals surface area contributed by atoms with Crippen molar-refractivity contribution in [1.29, 1.82) is 0 Å². The van der Waals surface area contributed by atoms with Gasteiger partial charge in [0.2, 0.25) is 0 Å². The standard InChI is InChI=1S/C6H8O2/c7-6-1-4-2-8-3-5(4)6/h4-5H,1-3H2/t4-,5+/m0/s1. The maximum Gasteiger partial charge on any atom is 0.139 e. The predicted octanol–water partition coefficient (Wildman–Crippen LogP) is 0.222. The van der Waals surface area contributed by atoms with Crippen molar-refractivity contribution in [3.63, 3.8) is 0 Å². The van der Waals surface area contributed by atoms with E-state index in [0.29, 0.717) is 24.2 Å². The Hall–Kier alpha value is -0.370. The van der Waals surface area contributed by atoms with Crippen LogP contribution in [0.4, 0.5) is 0 Å². The lowest BCUT2D eigenvalue weighted by Crippen LogP contribution is -2.35. The Balaban J connectivity index is 2.11. The minimum absolute atomic E-state index is 0.301. The van der Waals surface area contributed by atoms with E-state index in [1.54, 1.807) is 0 Å². The second-order valence-electron chi connectivity index (χ2n) is 2.57. The third kappa shape index (κ3) is 0.388. The molecule has 2 aliphatic rings. The van der Waals surface area contributed by atoms with Crippen LogP contribution in [0, 0.1) is 11.8 Å². The molecule has 0 unspecified atom stereocenters. The van der Waals surface area contributed by atoms with Gasteiger partial charge >= 0.3 is 0 Å². The molecule has 1 aliphatic carbocycles. The second kappa shape index (κ2) is 1.32. The van der Waals surface area contributed by atoms with Crippen LogP contribution < -0.4 is 0 Å². The lowest BCUT2D eigenvalue weighted by atomic mass is 9.75. The van der Waals surface area contributed by atoms with Crippen LogP contribution in [-0.4, -0.2) is 19.0 Å². The van der Waals surface area contributed by atoms with Gasteiger partial charge in [-0.1, -0.05) is 0 Å². The van der Waals surface area contributed by atoms with E-state index in [1.807, 2.05) is 0 Å². The van der Waals surface area contributed by atoms with Gasteiger partial charge in [-0.05, 0) is 0 Å². The summed E-state index contributed by atoms with van der Waals surface area (Å²) in [6.45, 7) is 1.53. The molecule has 0 spiro atoms. The highest BCUT2D eigenvalue weighted by atomic mass is 16.5. The van der Waals surface area contributed by atoms with Gasteiger partial charge in [-0.3, -0.25) is 4.79 Å². The zero-order chi connectivity index (χ0) is 5.56. The van der Waals surface area contributed by atoms with Gasteiger partial charge < -0.3 is 4.74 Å². The molecule has 0 amide bonds. The predicted molar refractivity (Wildman–Crippen MR) is 27.4 cm³/mol. The lowest BCUT2D eigenvalue weighted by molar-refractivity contribution is -0.131. The van der Waals surface area contributed by atoms with Crippen LogP contribution in [0.15, 0.2) is 0 Å². The average molecular weight is 112 g/mol. The maximum atomic E-state index is 10.6. The Bertz CT molecular complexity index is 130. The summed E-state index contributed by atoms with van der Waals surface area (Å²) in [7, 11) is 0. The summed E-state index contributed by atoms with van der Waals surface area (Å²) in [5.41, 5.74) is 0. The molecular weight excluding hydrogens is 104 g/mol. The van der Waals surface area contributed by atoms with Crippen molar-refractivity contribution in [2.45, 2.75) is 6.42 Å². The molecule has 2 heteroatoms. The molecule has 8 heavy (non-hydrogen) atoms. The minimum atomic E-state index is 0.301. The second-order valence-corrected chi connectivity index (χ2v) is 2.57. The third-order valence-corrected chi connectivity index (χ3v) is 2.08. The third-order valence-electron chi connectivity index (χ3n) is 2.08. The maximum absolute atomic E-state index is 10.6. The average Bonchev–Trinajstić information content (AvgIpc) is 2.09. The molecule has 2 fully saturated rings. The van der Waals surface area contributed by atoms with E-state index in [-0.39, 0.29) is 0 Å². The quantitative estimate of drug-likeness (QED) is 0.448. The molecule has 2 atom stereocenters. The number of Topliss-reactive ketones (excluding diaryl/α,β-unsaturated/α-hetero) is 1. The van der Waals surface area contributed by atoms with Gasteiger partial charge in [0.15, 0.2) is 0 Å². The molecule has 1 saturated carbocycles. The first-order valence-corrected chi connectivity index (χ1v) is 2.98. The largest absolute Gasteiger partial charge is 0.380 e. The summed E-state index contributed by atoms with van der Waals surface area (Å²) in [5, 5.41) is 0. The van der Waals surface area contributed by atoms with Crippen molar-refractivity contribution < 1.29 is 9.53 Å². The zero-order valence-electron chi connectivity index (χ0n) is 4.59. The van der Waals surface area contributed by atoms with Crippen LogP contribution >= 0.6 is 0 Å². The molecule has 0 aromatic rings. The molecule has 2 rings (SSSR count). The van der Waals surface area contributed by atoms with E-state index in [1.165, 1.54) is 0 Å². The fourth-order valence-electron chi connectivity index (χ4n) is 1.40. The van der Waals surface area contributed by atoms with Crippen molar-refractivity contribution in [2.24, 2.45) is 11.8 Å². The summed E-state index contributed by atoms with van der Waals surface area (Å²) in [6, 6.07) is 0. The normalized spacial score (nSPS) is 43.8. The van der Waals surface area contributed by atoms with Crippen molar-refractivity contribution in [3.05, 3.63) is 0 Å². The van der Waals surface area contributed by atoms with E-state index < -0.39 is 0 Å². The Kier molecular flexibility index (Phi) is 0.742. The van der Waals surface area contributed by atoms with Crippen molar-refractivity contribution in [1.82, 2.24) is 0 Å². The monoisotopic (exact) mass is 112 g/mol. The highest BCUT2D eigenvalue weighted by Gasteiger charge is 2.43. The van der Waals surface area contributed by atoms with E-state index in [2.05, 4.69) is 0 Å². The summed E-state index contributed by atoms with van der Waals surface area (Å²) < 4.78 is 5.08. The number of carbonyl (C=O) groups is 1. The number of ketones is 1. The van der Waals surface area contributed by atoms with E-state index >= 15 is 0 Å². The van der Waals surface area contributed by atoms with Crippen LogP contribution in [0.2, 0.25) is 0 Å².